The molecule has 1 N–H and O–H groups in total. The lowest BCUT2D eigenvalue weighted by Gasteiger charge is -2.53. The quantitative estimate of drug-likeness (QED) is 0.837. The second-order valence-corrected chi connectivity index (χ2v) is 7.80. The van der Waals surface area contributed by atoms with E-state index in [4.69, 9.17) is 0 Å². The van der Waals surface area contributed by atoms with Gasteiger partial charge in [-0.3, -0.25) is 0 Å². The Morgan fingerprint density at radius 3 is 2.47 bits per heavy atom. The summed E-state index contributed by atoms with van der Waals surface area (Å²) in [6, 6.07) is 1.86. The molecule has 19 heavy (non-hydrogen) atoms. The SMILES string of the molecule is C1CCC2(CC1)CCC2NCC1CCN(C2CC2)C1. The van der Waals surface area contributed by atoms with E-state index in [2.05, 4.69) is 10.2 Å². The summed E-state index contributed by atoms with van der Waals surface area (Å²) in [4.78, 5) is 2.75. The van der Waals surface area contributed by atoms with Crippen LogP contribution in [0.3, 0.4) is 0 Å². The van der Waals surface area contributed by atoms with Crippen molar-refractivity contribution in [1.29, 1.82) is 0 Å². The van der Waals surface area contributed by atoms with Gasteiger partial charge >= 0.3 is 0 Å². The van der Waals surface area contributed by atoms with E-state index in [1.54, 1.807) is 0 Å². The van der Waals surface area contributed by atoms with Crippen LogP contribution in [0.15, 0.2) is 0 Å². The van der Waals surface area contributed by atoms with Gasteiger partial charge in [0.05, 0.1) is 0 Å². The van der Waals surface area contributed by atoms with Crippen LogP contribution in [-0.2, 0) is 0 Å². The lowest BCUT2D eigenvalue weighted by atomic mass is 9.57. The Morgan fingerprint density at radius 1 is 0.947 bits per heavy atom. The van der Waals surface area contributed by atoms with Crippen LogP contribution >= 0.6 is 0 Å². The third-order valence-corrected chi connectivity index (χ3v) is 6.55. The second kappa shape index (κ2) is 5.04. The number of rotatable bonds is 4. The lowest BCUT2D eigenvalue weighted by Crippen LogP contribution is -2.55. The van der Waals surface area contributed by atoms with Gasteiger partial charge in [-0.05, 0) is 69.4 Å². The summed E-state index contributed by atoms with van der Waals surface area (Å²) in [5.74, 6) is 0.946. The van der Waals surface area contributed by atoms with Gasteiger partial charge in [-0.25, -0.2) is 0 Å². The minimum Gasteiger partial charge on any atom is -0.313 e. The molecule has 4 rings (SSSR count). The van der Waals surface area contributed by atoms with Gasteiger partial charge < -0.3 is 10.2 Å². The molecule has 2 atom stereocenters. The first-order valence-corrected chi connectivity index (χ1v) is 8.83. The van der Waals surface area contributed by atoms with E-state index >= 15 is 0 Å². The van der Waals surface area contributed by atoms with Gasteiger partial charge in [0.15, 0.2) is 0 Å². The van der Waals surface area contributed by atoms with Crippen molar-refractivity contribution in [2.45, 2.75) is 76.3 Å². The molecule has 0 bridgehead atoms. The number of nitrogens with one attached hydrogen (secondary N) is 1. The van der Waals surface area contributed by atoms with E-state index in [9.17, 15) is 0 Å². The largest absolute Gasteiger partial charge is 0.313 e. The maximum atomic E-state index is 3.97. The van der Waals surface area contributed by atoms with Gasteiger partial charge in [0, 0.05) is 18.6 Å². The third kappa shape index (κ3) is 2.47. The maximum Gasteiger partial charge on any atom is 0.0124 e. The summed E-state index contributed by atoms with van der Waals surface area (Å²) in [6.45, 7) is 4.07. The van der Waals surface area contributed by atoms with Gasteiger partial charge in [-0.1, -0.05) is 19.3 Å². The van der Waals surface area contributed by atoms with Crippen LogP contribution in [0.4, 0.5) is 0 Å². The molecular formula is C17H30N2. The van der Waals surface area contributed by atoms with Crippen molar-refractivity contribution in [3.8, 4) is 0 Å². The Bertz CT molecular complexity index is 317. The fourth-order valence-electron chi connectivity index (χ4n) is 4.98. The molecular weight excluding hydrogens is 232 g/mol. The highest BCUT2D eigenvalue weighted by Gasteiger charge is 2.46. The molecule has 4 aliphatic rings. The number of nitrogens with zero attached hydrogens (tertiary/aromatic N) is 1. The van der Waals surface area contributed by atoms with E-state index < -0.39 is 0 Å². The summed E-state index contributed by atoms with van der Waals surface area (Å²) in [5, 5.41) is 3.97. The van der Waals surface area contributed by atoms with Crippen molar-refractivity contribution < 1.29 is 0 Å². The maximum absolute atomic E-state index is 3.97. The van der Waals surface area contributed by atoms with Gasteiger partial charge in [0.1, 0.15) is 0 Å². The summed E-state index contributed by atoms with van der Waals surface area (Å²) in [7, 11) is 0. The van der Waals surface area contributed by atoms with Crippen molar-refractivity contribution in [2.75, 3.05) is 19.6 Å². The van der Waals surface area contributed by atoms with Crippen LogP contribution in [0.25, 0.3) is 0 Å². The first-order chi connectivity index (χ1) is 9.36. The zero-order valence-electron chi connectivity index (χ0n) is 12.4. The molecule has 0 radical (unpaired) electrons. The molecule has 2 nitrogen and oxygen atoms in total. The Labute approximate surface area is 118 Å². The molecule has 2 heteroatoms. The average molecular weight is 262 g/mol. The Morgan fingerprint density at radius 2 is 1.79 bits per heavy atom. The molecule has 3 saturated carbocycles. The van der Waals surface area contributed by atoms with Crippen molar-refractivity contribution in [3.63, 3.8) is 0 Å². The predicted molar refractivity (Wildman–Crippen MR) is 79.2 cm³/mol. The molecule has 0 amide bonds. The fourth-order valence-corrected chi connectivity index (χ4v) is 4.98. The van der Waals surface area contributed by atoms with Crippen molar-refractivity contribution in [1.82, 2.24) is 10.2 Å². The molecule has 1 saturated heterocycles. The van der Waals surface area contributed by atoms with Crippen LogP contribution in [0.2, 0.25) is 0 Å². The molecule has 2 unspecified atom stereocenters. The van der Waals surface area contributed by atoms with E-state index in [-0.39, 0.29) is 0 Å². The number of hydrogen-bond donors (Lipinski definition) is 1. The van der Waals surface area contributed by atoms with Crippen LogP contribution in [0.5, 0.6) is 0 Å². The van der Waals surface area contributed by atoms with Gasteiger partial charge in [0.25, 0.3) is 0 Å². The highest BCUT2D eigenvalue weighted by Crippen LogP contribution is 2.51. The van der Waals surface area contributed by atoms with Crippen molar-refractivity contribution in [2.24, 2.45) is 11.3 Å². The molecule has 1 heterocycles. The van der Waals surface area contributed by atoms with Crippen LogP contribution < -0.4 is 5.32 Å². The molecule has 108 valence electrons. The molecule has 3 aliphatic carbocycles. The van der Waals surface area contributed by atoms with E-state index in [0.29, 0.717) is 0 Å². The van der Waals surface area contributed by atoms with Crippen molar-refractivity contribution in [3.05, 3.63) is 0 Å². The zero-order chi connectivity index (χ0) is 12.7. The molecule has 0 aromatic rings. The molecule has 1 spiro atoms. The Kier molecular flexibility index (Phi) is 3.35. The molecule has 4 fully saturated rings. The monoisotopic (exact) mass is 262 g/mol. The average Bonchev–Trinajstić information content (AvgIpc) is 3.19. The summed E-state index contributed by atoms with van der Waals surface area (Å²) >= 11 is 0. The Balaban J connectivity index is 1.24. The summed E-state index contributed by atoms with van der Waals surface area (Å²) in [5.41, 5.74) is 0.743. The highest BCUT2D eigenvalue weighted by molar-refractivity contribution is 5.02. The zero-order valence-corrected chi connectivity index (χ0v) is 12.4. The Hall–Kier alpha value is -0.0800. The number of hydrogen-bond acceptors (Lipinski definition) is 2. The third-order valence-electron chi connectivity index (χ3n) is 6.55. The van der Waals surface area contributed by atoms with E-state index in [1.165, 1.54) is 83.8 Å². The van der Waals surface area contributed by atoms with Gasteiger partial charge in [-0.2, -0.15) is 0 Å². The van der Waals surface area contributed by atoms with E-state index in [1.807, 2.05) is 0 Å². The molecule has 0 aromatic carbocycles. The minimum atomic E-state index is 0.743. The topological polar surface area (TPSA) is 15.3 Å². The van der Waals surface area contributed by atoms with Crippen LogP contribution in [0.1, 0.15) is 64.2 Å². The minimum absolute atomic E-state index is 0.743. The smallest absolute Gasteiger partial charge is 0.0124 e. The molecule has 0 aromatic heterocycles. The predicted octanol–water partition coefficient (Wildman–Crippen LogP) is 3.17. The normalized spacial score (nSPS) is 38.5. The second-order valence-electron chi connectivity index (χ2n) is 7.80. The van der Waals surface area contributed by atoms with Crippen LogP contribution in [-0.4, -0.2) is 36.6 Å². The van der Waals surface area contributed by atoms with Crippen LogP contribution in [0, 0.1) is 11.3 Å². The molecule has 1 aliphatic heterocycles. The summed E-state index contributed by atoms with van der Waals surface area (Å²) < 4.78 is 0. The van der Waals surface area contributed by atoms with Crippen molar-refractivity contribution >= 4 is 0 Å². The van der Waals surface area contributed by atoms with Gasteiger partial charge in [-0.15, -0.1) is 0 Å². The standard InChI is InChI=1S/C17H30N2/c1-2-8-17(9-3-1)10-6-16(17)18-12-14-7-11-19(13-14)15-4-5-15/h14-16,18H,1-13H2. The first kappa shape index (κ1) is 12.6. The fraction of sp³-hybridized carbons (Fsp3) is 1.00. The first-order valence-electron chi connectivity index (χ1n) is 8.83. The van der Waals surface area contributed by atoms with Gasteiger partial charge in [0.2, 0.25) is 0 Å². The van der Waals surface area contributed by atoms with E-state index in [0.717, 1.165) is 23.4 Å². The highest BCUT2D eigenvalue weighted by atomic mass is 15.2. The lowest BCUT2D eigenvalue weighted by molar-refractivity contribution is 0.0212. The summed E-state index contributed by atoms with van der Waals surface area (Å²) in [6.07, 6.45) is 14.9. The number of likely N-dealkylation sites (tertiary alicyclic amines) is 1.